The molecule has 16 heavy (non-hydrogen) atoms. The van der Waals surface area contributed by atoms with Gasteiger partial charge in [-0.1, -0.05) is 18.2 Å². The molecular weight excluding hydrogens is 214 g/mol. The van der Waals surface area contributed by atoms with Crippen LogP contribution in [0.15, 0.2) is 29.6 Å². The first-order valence-electron chi connectivity index (χ1n) is 6.06. The van der Waals surface area contributed by atoms with Crippen LogP contribution in [0.25, 0.3) is 10.1 Å². The minimum absolute atomic E-state index is 1.21. The molecule has 2 heteroatoms. The standard InChI is InChI=1S/C14H18NS/c1-15(8-4-5-9-15)10-12-11-16-14-7-3-2-6-13(12)14/h2-3,6-7,11H,4-5,8-10H2,1H3/q+1. The van der Waals surface area contributed by atoms with E-state index in [1.807, 2.05) is 11.3 Å². The Labute approximate surface area is 101 Å². The van der Waals surface area contributed by atoms with Gasteiger partial charge in [-0.05, 0) is 6.07 Å². The fourth-order valence-corrected chi connectivity index (χ4v) is 3.78. The lowest BCUT2D eigenvalue weighted by Crippen LogP contribution is -2.39. The van der Waals surface area contributed by atoms with E-state index in [9.17, 15) is 0 Å². The average Bonchev–Trinajstić information content (AvgIpc) is 2.87. The van der Waals surface area contributed by atoms with Crippen LogP contribution >= 0.6 is 11.3 Å². The van der Waals surface area contributed by atoms with Crippen LogP contribution in [0, 0.1) is 0 Å². The highest BCUT2D eigenvalue weighted by molar-refractivity contribution is 7.17. The van der Waals surface area contributed by atoms with Gasteiger partial charge in [0.25, 0.3) is 0 Å². The third kappa shape index (κ3) is 1.76. The fraction of sp³-hybridized carbons (Fsp3) is 0.429. The van der Waals surface area contributed by atoms with E-state index < -0.39 is 0 Å². The van der Waals surface area contributed by atoms with Crippen molar-refractivity contribution in [2.24, 2.45) is 0 Å². The lowest BCUT2D eigenvalue weighted by atomic mass is 10.1. The normalized spacial score (nSPS) is 19.3. The highest BCUT2D eigenvalue weighted by atomic mass is 32.1. The van der Waals surface area contributed by atoms with E-state index in [2.05, 4.69) is 36.7 Å². The van der Waals surface area contributed by atoms with Crippen molar-refractivity contribution in [3.8, 4) is 0 Å². The van der Waals surface area contributed by atoms with Crippen molar-refractivity contribution in [3.05, 3.63) is 35.2 Å². The summed E-state index contributed by atoms with van der Waals surface area (Å²) in [6, 6.07) is 8.79. The monoisotopic (exact) mass is 232 g/mol. The van der Waals surface area contributed by atoms with Crippen LogP contribution in [0.4, 0.5) is 0 Å². The maximum Gasteiger partial charge on any atom is 0.106 e. The van der Waals surface area contributed by atoms with Gasteiger partial charge in [0.05, 0.1) is 20.1 Å². The lowest BCUT2D eigenvalue weighted by molar-refractivity contribution is -0.910. The SMILES string of the molecule is C[N+]1(Cc2csc3ccccc23)CCCC1. The van der Waals surface area contributed by atoms with Crippen molar-refractivity contribution < 1.29 is 4.48 Å². The lowest BCUT2D eigenvalue weighted by Gasteiger charge is -2.28. The summed E-state index contributed by atoms with van der Waals surface area (Å²) >= 11 is 1.89. The van der Waals surface area contributed by atoms with E-state index in [4.69, 9.17) is 0 Å². The van der Waals surface area contributed by atoms with Crippen LogP contribution in [-0.2, 0) is 6.54 Å². The van der Waals surface area contributed by atoms with E-state index in [1.165, 1.54) is 47.0 Å². The largest absolute Gasteiger partial charge is 0.322 e. The van der Waals surface area contributed by atoms with Crippen LogP contribution in [0.3, 0.4) is 0 Å². The Bertz CT molecular complexity index is 494. The van der Waals surface area contributed by atoms with Gasteiger partial charge in [-0.3, -0.25) is 0 Å². The fourth-order valence-electron chi connectivity index (χ4n) is 2.82. The molecule has 1 saturated heterocycles. The van der Waals surface area contributed by atoms with Crippen LogP contribution < -0.4 is 0 Å². The third-order valence-corrected chi connectivity index (χ3v) is 4.77. The number of likely N-dealkylation sites (tertiary alicyclic amines) is 1. The summed E-state index contributed by atoms with van der Waals surface area (Å²) in [7, 11) is 2.40. The maximum atomic E-state index is 2.40. The first kappa shape index (κ1) is 10.3. The molecule has 0 unspecified atom stereocenters. The van der Waals surface area contributed by atoms with E-state index >= 15 is 0 Å². The first-order chi connectivity index (χ1) is 7.77. The molecule has 1 nitrogen and oxygen atoms in total. The average molecular weight is 232 g/mol. The van der Waals surface area contributed by atoms with Crippen molar-refractivity contribution >= 4 is 21.4 Å². The molecule has 0 saturated carbocycles. The van der Waals surface area contributed by atoms with Gasteiger partial charge in [0, 0.05) is 33.9 Å². The number of rotatable bonds is 2. The Morgan fingerprint density at radius 1 is 1.19 bits per heavy atom. The minimum Gasteiger partial charge on any atom is -0.322 e. The smallest absolute Gasteiger partial charge is 0.106 e. The quantitative estimate of drug-likeness (QED) is 0.693. The first-order valence-corrected chi connectivity index (χ1v) is 6.93. The number of nitrogens with zero attached hydrogens (tertiary/aromatic N) is 1. The summed E-state index contributed by atoms with van der Waals surface area (Å²) in [4.78, 5) is 0. The van der Waals surface area contributed by atoms with Gasteiger partial charge in [-0.2, -0.15) is 0 Å². The van der Waals surface area contributed by atoms with Gasteiger partial charge < -0.3 is 4.48 Å². The van der Waals surface area contributed by atoms with Gasteiger partial charge in [0.15, 0.2) is 0 Å². The molecular formula is C14H18NS+. The molecule has 1 aliphatic rings. The van der Waals surface area contributed by atoms with Crippen LogP contribution in [0.2, 0.25) is 0 Å². The van der Waals surface area contributed by atoms with E-state index in [1.54, 1.807) is 5.56 Å². The van der Waals surface area contributed by atoms with Gasteiger partial charge in [-0.15, -0.1) is 11.3 Å². The molecule has 0 atom stereocenters. The van der Waals surface area contributed by atoms with Crippen molar-refractivity contribution in [2.45, 2.75) is 19.4 Å². The summed E-state index contributed by atoms with van der Waals surface area (Å²) in [5, 5.41) is 3.82. The second-order valence-corrected chi connectivity index (χ2v) is 6.10. The van der Waals surface area contributed by atoms with Gasteiger partial charge in [-0.25, -0.2) is 0 Å². The molecule has 0 aliphatic carbocycles. The summed E-state index contributed by atoms with van der Waals surface area (Å²) in [6.07, 6.45) is 2.80. The van der Waals surface area contributed by atoms with E-state index in [-0.39, 0.29) is 0 Å². The molecule has 1 aromatic heterocycles. The van der Waals surface area contributed by atoms with E-state index in [0.29, 0.717) is 0 Å². The number of thiophene rings is 1. The summed E-state index contributed by atoms with van der Waals surface area (Å²) < 4.78 is 2.67. The second kappa shape index (κ2) is 3.86. The summed E-state index contributed by atoms with van der Waals surface area (Å²) in [5.74, 6) is 0. The zero-order valence-electron chi connectivity index (χ0n) is 9.78. The molecule has 0 amide bonds. The molecule has 0 radical (unpaired) electrons. The molecule has 0 bridgehead atoms. The van der Waals surface area contributed by atoms with Crippen molar-refractivity contribution in [2.75, 3.05) is 20.1 Å². The van der Waals surface area contributed by atoms with Crippen molar-refractivity contribution in [1.82, 2.24) is 0 Å². The summed E-state index contributed by atoms with van der Waals surface area (Å²) in [6.45, 7) is 3.92. The van der Waals surface area contributed by atoms with E-state index in [0.717, 1.165) is 0 Å². The topological polar surface area (TPSA) is 0 Å². The minimum atomic E-state index is 1.21. The second-order valence-electron chi connectivity index (χ2n) is 5.19. The molecule has 1 fully saturated rings. The Hall–Kier alpha value is -0.860. The molecule has 2 heterocycles. The Morgan fingerprint density at radius 2 is 1.94 bits per heavy atom. The highest BCUT2D eigenvalue weighted by Gasteiger charge is 2.27. The molecule has 1 aliphatic heterocycles. The molecule has 3 rings (SSSR count). The Morgan fingerprint density at radius 3 is 2.75 bits per heavy atom. The van der Waals surface area contributed by atoms with Crippen LogP contribution in [0.5, 0.6) is 0 Å². The van der Waals surface area contributed by atoms with Crippen molar-refractivity contribution in [3.63, 3.8) is 0 Å². The predicted molar refractivity (Wildman–Crippen MR) is 70.7 cm³/mol. The molecule has 0 N–H and O–H groups in total. The Kier molecular flexibility index (Phi) is 2.49. The predicted octanol–water partition coefficient (Wildman–Crippen LogP) is 3.64. The van der Waals surface area contributed by atoms with Gasteiger partial charge in [0.2, 0.25) is 0 Å². The van der Waals surface area contributed by atoms with Crippen LogP contribution in [0.1, 0.15) is 18.4 Å². The maximum absolute atomic E-state index is 2.40. The molecule has 1 aromatic carbocycles. The number of benzene rings is 1. The van der Waals surface area contributed by atoms with Gasteiger partial charge in [0.1, 0.15) is 6.54 Å². The van der Waals surface area contributed by atoms with Crippen molar-refractivity contribution in [1.29, 1.82) is 0 Å². The number of hydrogen-bond acceptors (Lipinski definition) is 1. The number of quaternary nitrogens is 1. The van der Waals surface area contributed by atoms with Crippen LogP contribution in [-0.4, -0.2) is 24.6 Å². The third-order valence-electron chi connectivity index (χ3n) is 3.76. The zero-order valence-corrected chi connectivity index (χ0v) is 10.6. The molecule has 0 spiro atoms. The highest BCUT2D eigenvalue weighted by Crippen LogP contribution is 2.29. The zero-order chi connectivity index (χ0) is 11.0. The van der Waals surface area contributed by atoms with Gasteiger partial charge >= 0.3 is 0 Å². The summed E-state index contributed by atoms with van der Waals surface area (Å²) in [5.41, 5.74) is 1.55. The molecule has 84 valence electrons. The number of fused-ring (bicyclic) bond motifs is 1. The molecule has 2 aromatic rings. The Balaban J connectivity index is 1.94. The number of hydrogen-bond donors (Lipinski definition) is 0.